The van der Waals surface area contributed by atoms with Crippen LogP contribution in [0, 0.1) is 0 Å². The van der Waals surface area contributed by atoms with Crippen LogP contribution >= 0.6 is 23.4 Å². The van der Waals surface area contributed by atoms with Crippen molar-refractivity contribution in [2.75, 3.05) is 17.6 Å². The molecule has 0 aromatic carbocycles. The van der Waals surface area contributed by atoms with E-state index in [1.54, 1.807) is 12.1 Å². The van der Waals surface area contributed by atoms with Gasteiger partial charge in [-0.3, -0.25) is 0 Å². The highest BCUT2D eigenvalue weighted by Crippen LogP contribution is 2.29. The molecule has 1 heterocycles. The third-order valence-electron chi connectivity index (χ3n) is 1.42. The second-order valence-corrected chi connectivity index (χ2v) is 4.12. The maximum atomic E-state index is 11.8. The van der Waals surface area contributed by atoms with Gasteiger partial charge in [-0.1, -0.05) is 11.6 Å². The van der Waals surface area contributed by atoms with Gasteiger partial charge in [-0.2, -0.15) is 13.2 Å². The van der Waals surface area contributed by atoms with Crippen LogP contribution in [0.1, 0.15) is 0 Å². The van der Waals surface area contributed by atoms with E-state index in [-0.39, 0.29) is 24.1 Å². The number of anilines is 1. The standard InChI is InChI=1S/C8H8ClF3N2S/c9-6-2-1-3-13-7(6)14-4-5-15-8(10,11)12/h1-3H,4-5H2,(H,13,14). The van der Waals surface area contributed by atoms with Crippen molar-refractivity contribution in [2.45, 2.75) is 5.51 Å². The monoisotopic (exact) mass is 256 g/mol. The van der Waals surface area contributed by atoms with E-state index < -0.39 is 5.51 Å². The van der Waals surface area contributed by atoms with Gasteiger partial charge in [0.25, 0.3) is 0 Å². The zero-order valence-corrected chi connectivity index (χ0v) is 9.09. The van der Waals surface area contributed by atoms with Gasteiger partial charge in [-0.15, -0.1) is 0 Å². The van der Waals surface area contributed by atoms with Crippen molar-refractivity contribution in [3.63, 3.8) is 0 Å². The first-order valence-corrected chi connectivity index (χ1v) is 5.40. The topological polar surface area (TPSA) is 24.9 Å². The zero-order chi connectivity index (χ0) is 11.3. The first kappa shape index (κ1) is 12.4. The van der Waals surface area contributed by atoms with Gasteiger partial charge in [0.05, 0.1) is 5.02 Å². The number of thioether (sulfide) groups is 1. The Morgan fingerprint density at radius 2 is 2.20 bits per heavy atom. The number of alkyl halides is 3. The van der Waals surface area contributed by atoms with Gasteiger partial charge in [0, 0.05) is 18.5 Å². The maximum absolute atomic E-state index is 11.8. The van der Waals surface area contributed by atoms with Gasteiger partial charge in [0.2, 0.25) is 0 Å². The second-order valence-electron chi connectivity index (χ2n) is 2.55. The van der Waals surface area contributed by atoms with Crippen LogP contribution in [-0.2, 0) is 0 Å². The Labute approximate surface area is 94.2 Å². The zero-order valence-electron chi connectivity index (χ0n) is 7.51. The highest BCUT2D eigenvalue weighted by atomic mass is 35.5. The van der Waals surface area contributed by atoms with Crippen LogP contribution in [0.5, 0.6) is 0 Å². The SMILES string of the molecule is FC(F)(F)SCCNc1ncccc1Cl. The Bertz CT molecular complexity index is 319. The Balaban J connectivity index is 2.30. The molecule has 0 amide bonds. The van der Waals surface area contributed by atoms with E-state index in [2.05, 4.69) is 10.3 Å². The summed E-state index contributed by atoms with van der Waals surface area (Å²) in [5.74, 6) is 0.332. The summed E-state index contributed by atoms with van der Waals surface area (Å²) in [6, 6.07) is 3.27. The van der Waals surface area contributed by atoms with E-state index >= 15 is 0 Å². The van der Waals surface area contributed by atoms with Crippen molar-refractivity contribution >= 4 is 29.2 Å². The fourth-order valence-corrected chi connectivity index (χ4v) is 1.48. The van der Waals surface area contributed by atoms with E-state index in [4.69, 9.17) is 11.6 Å². The fourth-order valence-electron chi connectivity index (χ4n) is 0.852. The summed E-state index contributed by atoms with van der Waals surface area (Å²) in [4.78, 5) is 3.88. The van der Waals surface area contributed by atoms with Gasteiger partial charge in [-0.05, 0) is 23.9 Å². The highest BCUT2D eigenvalue weighted by Gasteiger charge is 2.27. The molecule has 0 aliphatic carbocycles. The number of pyridine rings is 1. The van der Waals surface area contributed by atoms with E-state index in [0.29, 0.717) is 10.8 Å². The number of hydrogen-bond acceptors (Lipinski definition) is 3. The molecule has 1 N–H and O–H groups in total. The number of halogens is 4. The highest BCUT2D eigenvalue weighted by molar-refractivity contribution is 8.00. The number of rotatable bonds is 4. The lowest BCUT2D eigenvalue weighted by molar-refractivity contribution is -0.0327. The number of aromatic nitrogens is 1. The van der Waals surface area contributed by atoms with E-state index in [9.17, 15) is 13.2 Å². The van der Waals surface area contributed by atoms with Gasteiger partial charge in [0.1, 0.15) is 5.82 Å². The third-order valence-corrected chi connectivity index (χ3v) is 2.46. The van der Waals surface area contributed by atoms with Crippen molar-refractivity contribution in [3.8, 4) is 0 Å². The summed E-state index contributed by atoms with van der Waals surface area (Å²) in [7, 11) is 0. The molecule has 0 saturated carbocycles. The summed E-state index contributed by atoms with van der Waals surface area (Å²) in [6.07, 6.45) is 1.52. The van der Waals surface area contributed by atoms with Gasteiger partial charge in [0.15, 0.2) is 0 Å². The summed E-state index contributed by atoms with van der Waals surface area (Å²) in [5, 5.41) is 3.12. The molecule has 0 saturated heterocycles. The largest absolute Gasteiger partial charge is 0.441 e. The molecule has 1 aromatic heterocycles. The van der Waals surface area contributed by atoms with Crippen LogP contribution in [0.3, 0.4) is 0 Å². The summed E-state index contributed by atoms with van der Waals surface area (Å²) in [5.41, 5.74) is -4.18. The van der Waals surface area contributed by atoms with Crippen molar-refractivity contribution in [1.29, 1.82) is 0 Å². The predicted molar refractivity (Wildman–Crippen MR) is 56.2 cm³/mol. The molecule has 2 nitrogen and oxygen atoms in total. The molecule has 0 bridgehead atoms. The molecule has 0 aliphatic rings. The molecule has 0 aliphatic heterocycles. The lowest BCUT2D eigenvalue weighted by Gasteiger charge is -2.08. The van der Waals surface area contributed by atoms with Crippen LogP contribution in [0.4, 0.5) is 19.0 Å². The first-order valence-electron chi connectivity index (χ1n) is 4.04. The molecule has 0 unspecified atom stereocenters. The molecule has 1 aromatic rings. The van der Waals surface area contributed by atoms with Crippen molar-refractivity contribution in [3.05, 3.63) is 23.4 Å². The minimum Gasteiger partial charge on any atom is -0.368 e. The number of nitrogens with zero attached hydrogens (tertiary/aromatic N) is 1. The summed E-state index contributed by atoms with van der Waals surface area (Å²) in [6.45, 7) is 0.168. The smallest absolute Gasteiger partial charge is 0.368 e. The van der Waals surface area contributed by atoms with Crippen LogP contribution < -0.4 is 5.32 Å². The molecule has 84 valence electrons. The summed E-state index contributed by atoms with van der Waals surface area (Å²) < 4.78 is 35.3. The van der Waals surface area contributed by atoms with Crippen molar-refractivity contribution in [2.24, 2.45) is 0 Å². The number of nitrogens with one attached hydrogen (secondary N) is 1. The molecule has 7 heteroatoms. The van der Waals surface area contributed by atoms with E-state index in [0.717, 1.165) is 0 Å². The van der Waals surface area contributed by atoms with Gasteiger partial charge >= 0.3 is 5.51 Å². The predicted octanol–water partition coefficient (Wildman–Crippen LogP) is 3.40. The number of hydrogen-bond donors (Lipinski definition) is 1. The molecule has 15 heavy (non-hydrogen) atoms. The molecular weight excluding hydrogens is 249 g/mol. The second kappa shape index (κ2) is 5.46. The minimum atomic E-state index is -4.18. The van der Waals surface area contributed by atoms with Gasteiger partial charge in [-0.25, -0.2) is 4.98 Å². The Hall–Kier alpha value is -0.620. The van der Waals surface area contributed by atoms with Crippen LogP contribution in [0.2, 0.25) is 5.02 Å². The average Bonchev–Trinajstić information content (AvgIpc) is 2.13. The molecule has 0 atom stereocenters. The molecular formula is C8H8ClF3N2S. The Kier molecular flexibility index (Phi) is 4.53. The van der Waals surface area contributed by atoms with Gasteiger partial charge < -0.3 is 5.32 Å². The summed E-state index contributed by atoms with van der Waals surface area (Å²) >= 11 is 5.66. The maximum Gasteiger partial charge on any atom is 0.441 e. The third kappa shape index (κ3) is 5.13. The first-order chi connectivity index (χ1) is 6.99. The molecule has 0 spiro atoms. The van der Waals surface area contributed by atoms with E-state index in [1.165, 1.54) is 6.20 Å². The average molecular weight is 257 g/mol. The lowest BCUT2D eigenvalue weighted by atomic mass is 10.4. The Morgan fingerprint density at radius 1 is 1.47 bits per heavy atom. The van der Waals surface area contributed by atoms with Crippen LogP contribution in [0.25, 0.3) is 0 Å². The van der Waals surface area contributed by atoms with Crippen molar-refractivity contribution < 1.29 is 13.2 Å². The molecule has 0 radical (unpaired) electrons. The lowest BCUT2D eigenvalue weighted by Crippen LogP contribution is -2.10. The van der Waals surface area contributed by atoms with Crippen molar-refractivity contribution in [1.82, 2.24) is 4.98 Å². The molecule has 1 rings (SSSR count). The minimum absolute atomic E-state index is 0.0730. The quantitative estimate of drug-likeness (QED) is 0.836. The molecule has 0 fully saturated rings. The van der Waals surface area contributed by atoms with Crippen LogP contribution in [0.15, 0.2) is 18.3 Å². The van der Waals surface area contributed by atoms with Crippen LogP contribution in [-0.4, -0.2) is 22.8 Å². The van der Waals surface area contributed by atoms with E-state index in [1.807, 2.05) is 0 Å². The normalized spacial score (nSPS) is 11.5. The Morgan fingerprint density at radius 3 is 2.80 bits per heavy atom. The fraction of sp³-hybridized carbons (Fsp3) is 0.375.